The first-order chi connectivity index (χ1) is 16.4. The summed E-state index contributed by atoms with van der Waals surface area (Å²) in [6.07, 6.45) is 1.78. The lowest BCUT2D eigenvalue weighted by Crippen LogP contribution is -2.38. The van der Waals surface area contributed by atoms with E-state index in [1.54, 1.807) is 30.0 Å². The Balaban J connectivity index is 1.45. The van der Waals surface area contributed by atoms with Gasteiger partial charge >= 0.3 is 6.03 Å². The van der Waals surface area contributed by atoms with Crippen LogP contribution in [0.3, 0.4) is 0 Å². The van der Waals surface area contributed by atoms with Gasteiger partial charge in [0.1, 0.15) is 23.4 Å². The third kappa shape index (κ3) is 4.05. The van der Waals surface area contributed by atoms with Crippen LogP contribution in [0.5, 0.6) is 0 Å². The molecule has 10 heteroatoms. The van der Waals surface area contributed by atoms with E-state index in [2.05, 4.69) is 30.7 Å². The number of carbonyl (C=O) groups excluding carboxylic acids is 1. The molecule has 0 saturated carbocycles. The zero-order valence-electron chi connectivity index (χ0n) is 19.1. The molecule has 34 heavy (non-hydrogen) atoms. The van der Waals surface area contributed by atoms with Gasteiger partial charge in [0.25, 0.3) is 0 Å². The fraction of sp³-hybridized carbons (Fsp3) is 0.375. The lowest BCUT2D eigenvalue weighted by atomic mass is 9.95. The number of hydrogen-bond acceptors (Lipinski definition) is 6. The maximum Gasteiger partial charge on any atom is 0.320 e. The van der Waals surface area contributed by atoms with Crippen molar-refractivity contribution < 1.29 is 4.79 Å². The minimum absolute atomic E-state index is 0.0793. The molecule has 0 radical (unpaired) electrons. The molecule has 0 atom stereocenters. The van der Waals surface area contributed by atoms with Gasteiger partial charge in [-0.1, -0.05) is 17.7 Å². The molecule has 5 rings (SSSR count). The number of fused-ring (bicyclic) bond motifs is 3. The Morgan fingerprint density at radius 1 is 1.15 bits per heavy atom. The molecule has 3 aromatic rings. The third-order valence-electron chi connectivity index (χ3n) is 6.42. The third-order valence-corrected chi connectivity index (χ3v) is 6.65. The first kappa shape index (κ1) is 22.2. The van der Waals surface area contributed by atoms with Gasteiger partial charge in [0.2, 0.25) is 0 Å². The number of aromatic nitrogens is 4. The fourth-order valence-electron chi connectivity index (χ4n) is 4.74. The molecule has 0 N–H and O–H groups in total. The van der Waals surface area contributed by atoms with Gasteiger partial charge in [-0.3, -0.25) is 4.57 Å². The van der Waals surface area contributed by atoms with Gasteiger partial charge in [-0.25, -0.2) is 9.78 Å². The number of urea groups is 1. The van der Waals surface area contributed by atoms with E-state index in [4.69, 9.17) is 16.9 Å². The lowest BCUT2D eigenvalue weighted by Gasteiger charge is -2.32. The van der Waals surface area contributed by atoms with Crippen molar-refractivity contribution in [1.82, 2.24) is 29.5 Å². The van der Waals surface area contributed by atoms with Gasteiger partial charge in [-0.15, -0.1) is 10.2 Å². The summed E-state index contributed by atoms with van der Waals surface area (Å²) in [5, 5.41) is 18.9. The number of hydrogen-bond donors (Lipinski definition) is 0. The Hall–Kier alpha value is -3.64. The standard InChI is InChI=1S/C24H25ClN8O/c1-30(2)24(34)32-14-17-12-18(25)6-7-20(17)33-22(15-32)28-29-23(33)16-8-10-31(11-9-16)21-5-3-4-19(13-26)27-21/h3-7,12,16H,8-11,14-15H2,1-2H3. The summed E-state index contributed by atoms with van der Waals surface area (Å²) >= 11 is 6.32. The van der Waals surface area contributed by atoms with Gasteiger partial charge in [0.15, 0.2) is 5.82 Å². The van der Waals surface area contributed by atoms with Crippen LogP contribution in [0.1, 0.15) is 41.7 Å². The number of nitriles is 1. The van der Waals surface area contributed by atoms with E-state index in [0.717, 1.165) is 54.6 Å². The van der Waals surface area contributed by atoms with Gasteiger partial charge in [-0.2, -0.15) is 5.26 Å². The number of amides is 2. The van der Waals surface area contributed by atoms with Crippen LogP contribution in [-0.4, -0.2) is 62.8 Å². The van der Waals surface area contributed by atoms with Crippen LogP contribution < -0.4 is 4.90 Å². The van der Waals surface area contributed by atoms with Gasteiger partial charge < -0.3 is 14.7 Å². The van der Waals surface area contributed by atoms with Crippen molar-refractivity contribution in [3.05, 3.63) is 64.3 Å². The van der Waals surface area contributed by atoms with Crippen LogP contribution in [0.2, 0.25) is 5.02 Å². The highest BCUT2D eigenvalue weighted by molar-refractivity contribution is 6.30. The van der Waals surface area contributed by atoms with Crippen LogP contribution in [0.25, 0.3) is 5.69 Å². The molecule has 0 spiro atoms. The number of rotatable bonds is 2. The maximum atomic E-state index is 12.8. The summed E-state index contributed by atoms with van der Waals surface area (Å²) in [7, 11) is 3.49. The van der Waals surface area contributed by atoms with Crippen LogP contribution >= 0.6 is 11.6 Å². The van der Waals surface area contributed by atoms with E-state index in [1.165, 1.54) is 0 Å². The molecular formula is C24H25ClN8O. The summed E-state index contributed by atoms with van der Waals surface area (Å²) in [4.78, 5) is 22.8. The van der Waals surface area contributed by atoms with Gasteiger partial charge in [-0.05, 0) is 48.7 Å². The van der Waals surface area contributed by atoms with Crippen LogP contribution in [0.4, 0.5) is 10.6 Å². The van der Waals surface area contributed by atoms with Gasteiger partial charge in [0.05, 0.1) is 18.8 Å². The second-order valence-corrected chi connectivity index (χ2v) is 9.31. The smallest absolute Gasteiger partial charge is 0.320 e. The number of halogens is 1. The predicted molar refractivity (Wildman–Crippen MR) is 128 cm³/mol. The topological polar surface area (TPSA) is 94.2 Å². The van der Waals surface area contributed by atoms with E-state index in [0.29, 0.717) is 23.8 Å². The highest BCUT2D eigenvalue weighted by Crippen LogP contribution is 2.34. The highest BCUT2D eigenvalue weighted by Gasteiger charge is 2.31. The Bertz CT molecular complexity index is 1270. The predicted octanol–water partition coefficient (Wildman–Crippen LogP) is 3.57. The number of benzene rings is 1. The van der Waals surface area contributed by atoms with Crippen molar-refractivity contribution in [2.75, 3.05) is 32.1 Å². The second kappa shape index (κ2) is 8.95. The Morgan fingerprint density at radius 3 is 2.68 bits per heavy atom. The van der Waals surface area contributed by atoms with Crippen molar-refractivity contribution in [1.29, 1.82) is 5.26 Å². The average Bonchev–Trinajstić information content (AvgIpc) is 3.19. The molecule has 0 unspecified atom stereocenters. The number of piperidine rings is 1. The van der Waals surface area contributed by atoms with Crippen LogP contribution in [0.15, 0.2) is 36.4 Å². The monoisotopic (exact) mass is 476 g/mol. The van der Waals surface area contributed by atoms with E-state index < -0.39 is 0 Å². The SMILES string of the molecule is CN(C)C(=O)N1Cc2cc(Cl)ccc2-n2c(nnc2C2CCN(c3cccc(C#N)n3)CC2)C1. The first-order valence-electron chi connectivity index (χ1n) is 11.3. The molecule has 4 heterocycles. The lowest BCUT2D eigenvalue weighted by molar-refractivity contribution is 0.164. The minimum atomic E-state index is -0.0793. The largest absolute Gasteiger partial charge is 0.357 e. The molecule has 9 nitrogen and oxygen atoms in total. The molecule has 1 aromatic carbocycles. The fourth-order valence-corrected chi connectivity index (χ4v) is 4.93. The number of nitrogens with zero attached hydrogens (tertiary/aromatic N) is 8. The van der Waals surface area contributed by atoms with Crippen molar-refractivity contribution in [3.63, 3.8) is 0 Å². The molecular weight excluding hydrogens is 452 g/mol. The van der Waals surface area contributed by atoms with E-state index >= 15 is 0 Å². The zero-order chi connectivity index (χ0) is 23.8. The molecule has 2 aliphatic rings. The summed E-state index contributed by atoms with van der Waals surface area (Å²) in [5.41, 5.74) is 2.37. The molecule has 0 aliphatic carbocycles. The van der Waals surface area contributed by atoms with Gasteiger partial charge in [0, 0.05) is 38.1 Å². The average molecular weight is 477 g/mol. The molecule has 0 bridgehead atoms. The Labute approximate surface area is 203 Å². The van der Waals surface area contributed by atoms with E-state index in [1.807, 2.05) is 30.3 Å². The summed E-state index contributed by atoms with van der Waals surface area (Å²) in [6, 6.07) is 13.3. The summed E-state index contributed by atoms with van der Waals surface area (Å²) in [5.74, 6) is 2.71. The highest BCUT2D eigenvalue weighted by atomic mass is 35.5. The van der Waals surface area contributed by atoms with Crippen LogP contribution in [0, 0.1) is 11.3 Å². The van der Waals surface area contributed by atoms with Crippen molar-refractivity contribution in [2.24, 2.45) is 0 Å². The van der Waals surface area contributed by atoms with Crippen LogP contribution in [-0.2, 0) is 13.1 Å². The second-order valence-electron chi connectivity index (χ2n) is 8.87. The van der Waals surface area contributed by atoms with Crippen molar-refractivity contribution in [3.8, 4) is 11.8 Å². The molecule has 2 aliphatic heterocycles. The minimum Gasteiger partial charge on any atom is -0.357 e. The molecule has 1 saturated heterocycles. The summed E-state index contributed by atoms with van der Waals surface area (Å²) < 4.78 is 2.11. The molecule has 1 fully saturated rings. The quantitative estimate of drug-likeness (QED) is 0.561. The van der Waals surface area contributed by atoms with E-state index in [-0.39, 0.29) is 11.9 Å². The molecule has 2 amide bonds. The molecule has 174 valence electrons. The maximum absolute atomic E-state index is 12.8. The molecule has 2 aromatic heterocycles. The zero-order valence-corrected chi connectivity index (χ0v) is 19.9. The Morgan fingerprint density at radius 2 is 1.94 bits per heavy atom. The number of carbonyl (C=O) groups is 1. The van der Waals surface area contributed by atoms with Crippen molar-refractivity contribution in [2.45, 2.75) is 31.8 Å². The number of pyridine rings is 1. The Kier molecular flexibility index (Phi) is 5.84. The normalized spacial score (nSPS) is 15.8. The van der Waals surface area contributed by atoms with Crippen molar-refractivity contribution >= 4 is 23.4 Å². The summed E-state index contributed by atoms with van der Waals surface area (Å²) in [6.45, 7) is 2.45. The van der Waals surface area contributed by atoms with E-state index in [9.17, 15) is 4.79 Å². The number of anilines is 1. The first-order valence-corrected chi connectivity index (χ1v) is 11.6.